The Kier molecular flexibility index (Phi) is 16.8. The van der Waals surface area contributed by atoms with Gasteiger partial charge in [0.1, 0.15) is 12.2 Å². The molecule has 1 heterocycles. The molecule has 2 amide bonds. The monoisotopic (exact) mass is 805 g/mol. The summed E-state index contributed by atoms with van der Waals surface area (Å²) in [6, 6.07) is 24.7. The van der Waals surface area contributed by atoms with Crippen LogP contribution in [-0.4, -0.2) is 68.7 Å². The van der Waals surface area contributed by atoms with Crippen molar-refractivity contribution >= 4 is 34.4 Å². The van der Waals surface area contributed by atoms with Gasteiger partial charge in [-0.25, -0.2) is 4.79 Å². The second kappa shape index (κ2) is 22.1. The van der Waals surface area contributed by atoms with Gasteiger partial charge in [-0.1, -0.05) is 85.0 Å². The largest absolute Gasteiger partial charge is 0.461 e. The molecule has 6 atom stereocenters. The first kappa shape index (κ1) is 44.7. The average Bonchev–Trinajstić information content (AvgIpc) is 3.48. The molecule has 0 saturated heterocycles. The van der Waals surface area contributed by atoms with E-state index in [0.717, 1.165) is 22.8 Å². The summed E-state index contributed by atoms with van der Waals surface area (Å²) in [6.07, 6.45) is 13.4. The van der Waals surface area contributed by atoms with Crippen LogP contribution in [0.25, 0.3) is 10.8 Å². The van der Waals surface area contributed by atoms with Gasteiger partial charge in [-0.05, 0) is 105 Å². The van der Waals surface area contributed by atoms with E-state index in [-0.39, 0.29) is 43.3 Å². The molecule has 3 aromatic carbocycles. The Labute approximate surface area is 347 Å². The number of hydrogen-bond acceptors (Lipinski definition) is 9. The molecule has 1 aliphatic carbocycles. The second-order valence-corrected chi connectivity index (χ2v) is 16.3. The summed E-state index contributed by atoms with van der Waals surface area (Å²) >= 11 is 0. The Morgan fingerprint density at radius 1 is 0.915 bits per heavy atom. The zero-order valence-corrected chi connectivity index (χ0v) is 34.3. The van der Waals surface area contributed by atoms with Crippen LogP contribution in [0.3, 0.4) is 0 Å². The van der Waals surface area contributed by atoms with Crippen molar-refractivity contribution < 1.29 is 39.2 Å². The number of allylic oxidation sites excluding steroid dienone is 2. The smallest absolute Gasteiger partial charge is 0.407 e. The number of aryl methyl sites for hydroxylation is 1. The molecule has 5 N–H and O–H groups in total. The third kappa shape index (κ3) is 14.8. The highest BCUT2D eigenvalue weighted by Gasteiger charge is 2.39. The standard InChI is InChI=1S/C48H59N3O8/c1-48(2,3)59-47(57)50-31-42(46(56)51-38-24-23-37-30-49-27-26-36(37)28-38)35-21-18-34(19-22-35)32-58-45(55)17-10-5-4-9-15-40-41(44(54)29-43(40)53)16-11-14-39(52)25-20-33-12-7-6-8-13-33/h4,6-9,11-13,16,18-19,21-24,26-28,30,39-44,52-54H,5,10,14-15,17,20,25,29,31-32H2,1-3H3,(H,50,57)(H,51,56)/b9-4-,16-11+/t39-,40?,41-,42?,43+,44-/m1/s1. The van der Waals surface area contributed by atoms with Gasteiger partial charge in [-0.3, -0.25) is 14.6 Å². The van der Waals surface area contributed by atoms with E-state index in [1.165, 1.54) is 5.56 Å². The van der Waals surface area contributed by atoms with Crippen LogP contribution in [0.4, 0.5) is 10.5 Å². The molecule has 2 unspecified atom stereocenters. The van der Waals surface area contributed by atoms with Crippen molar-refractivity contribution in [1.82, 2.24) is 10.3 Å². The van der Waals surface area contributed by atoms with Crippen LogP contribution in [0.1, 0.15) is 88.3 Å². The van der Waals surface area contributed by atoms with E-state index in [4.69, 9.17) is 9.47 Å². The van der Waals surface area contributed by atoms with E-state index in [2.05, 4.69) is 27.8 Å². The van der Waals surface area contributed by atoms with E-state index in [1.807, 2.05) is 60.7 Å². The Morgan fingerprint density at radius 2 is 1.69 bits per heavy atom. The van der Waals surface area contributed by atoms with Gasteiger partial charge >= 0.3 is 12.1 Å². The Hall–Kier alpha value is -5.36. The van der Waals surface area contributed by atoms with Crippen molar-refractivity contribution in [2.75, 3.05) is 11.9 Å². The van der Waals surface area contributed by atoms with E-state index in [9.17, 15) is 29.7 Å². The lowest BCUT2D eigenvalue weighted by atomic mass is 9.89. The van der Waals surface area contributed by atoms with Crippen molar-refractivity contribution in [1.29, 1.82) is 0 Å². The van der Waals surface area contributed by atoms with Crippen LogP contribution in [0.15, 0.2) is 116 Å². The molecule has 314 valence electrons. The first-order valence-electron chi connectivity index (χ1n) is 20.6. The van der Waals surface area contributed by atoms with Crippen molar-refractivity contribution in [3.63, 3.8) is 0 Å². The summed E-state index contributed by atoms with van der Waals surface area (Å²) < 4.78 is 10.9. The zero-order chi connectivity index (χ0) is 42.2. The van der Waals surface area contributed by atoms with Gasteiger partial charge in [0.2, 0.25) is 5.91 Å². The Morgan fingerprint density at radius 3 is 2.46 bits per heavy atom. The van der Waals surface area contributed by atoms with Crippen molar-refractivity contribution in [3.05, 3.63) is 132 Å². The SMILES string of the molecule is CC(C)(C)OC(=O)NCC(C(=O)Nc1ccc2cnccc2c1)c1ccc(COC(=O)CCC/C=C\CC2[C@@H](/C=C/C[C@@H](O)CCc3ccccc3)[C@H](O)C[C@@H]2O)cc1. The maximum absolute atomic E-state index is 13.6. The average molecular weight is 806 g/mol. The summed E-state index contributed by atoms with van der Waals surface area (Å²) in [5.74, 6) is -1.68. The summed E-state index contributed by atoms with van der Waals surface area (Å²) in [5, 5.41) is 39.3. The zero-order valence-electron chi connectivity index (χ0n) is 34.3. The first-order chi connectivity index (χ1) is 28.3. The lowest BCUT2D eigenvalue weighted by Crippen LogP contribution is -2.37. The number of aromatic nitrogens is 1. The summed E-state index contributed by atoms with van der Waals surface area (Å²) in [5.41, 5.74) is 2.53. The van der Waals surface area contributed by atoms with Crippen LogP contribution < -0.4 is 10.6 Å². The highest BCUT2D eigenvalue weighted by Crippen LogP contribution is 2.36. The number of aliphatic hydroxyl groups is 3. The van der Waals surface area contributed by atoms with Gasteiger partial charge in [-0.15, -0.1) is 0 Å². The number of hydrogen-bond donors (Lipinski definition) is 5. The maximum atomic E-state index is 13.6. The number of carbonyl (C=O) groups is 3. The molecule has 0 aliphatic heterocycles. The minimum atomic E-state index is -0.737. The minimum absolute atomic E-state index is 0.00275. The highest BCUT2D eigenvalue weighted by molar-refractivity contribution is 5.98. The van der Waals surface area contributed by atoms with Gasteiger partial charge in [0.25, 0.3) is 0 Å². The predicted molar refractivity (Wildman–Crippen MR) is 229 cm³/mol. The summed E-state index contributed by atoms with van der Waals surface area (Å²) in [7, 11) is 0. The number of alkyl carbamates (subject to hydrolysis) is 1. The van der Waals surface area contributed by atoms with Crippen LogP contribution in [-0.2, 0) is 32.1 Å². The molecule has 1 aliphatic rings. The molecular formula is C48H59N3O8. The van der Waals surface area contributed by atoms with E-state index in [0.29, 0.717) is 49.8 Å². The normalized spacial score (nSPS) is 19.2. The second-order valence-electron chi connectivity index (χ2n) is 16.3. The molecule has 0 spiro atoms. The quantitative estimate of drug-likeness (QED) is 0.0359. The van der Waals surface area contributed by atoms with Gasteiger partial charge in [0.05, 0.1) is 24.2 Å². The van der Waals surface area contributed by atoms with Crippen LogP contribution >= 0.6 is 0 Å². The lowest BCUT2D eigenvalue weighted by molar-refractivity contribution is -0.145. The topological polar surface area (TPSA) is 167 Å². The molecule has 1 saturated carbocycles. The number of nitrogens with zero attached hydrogens (tertiary/aromatic N) is 1. The molecular weight excluding hydrogens is 747 g/mol. The summed E-state index contributed by atoms with van der Waals surface area (Å²) in [4.78, 5) is 42.8. The number of unbranched alkanes of at least 4 members (excludes halogenated alkanes) is 1. The highest BCUT2D eigenvalue weighted by atomic mass is 16.6. The summed E-state index contributed by atoms with van der Waals surface area (Å²) in [6.45, 7) is 5.39. The number of anilines is 1. The lowest BCUT2D eigenvalue weighted by Gasteiger charge is -2.22. The Balaban J connectivity index is 1.05. The molecule has 11 heteroatoms. The maximum Gasteiger partial charge on any atom is 0.407 e. The first-order valence-corrected chi connectivity index (χ1v) is 20.6. The van der Waals surface area contributed by atoms with Crippen LogP contribution in [0.2, 0.25) is 0 Å². The fourth-order valence-corrected chi connectivity index (χ4v) is 7.26. The molecule has 1 aromatic heterocycles. The van der Waals surface area contributed by atoms with Gasteiger partial charge in [-0.2, -0.15) is 0 Å². The van der Waals surface area contributed by atoms with Crippen molar-refractivity contribution in [2.45, 2.75) is 109 Å². The number of pyridine rings is 1. The Bertz CT molecular complexity index is 2010. The van der Waals surface area contributed by atoms with Gasteiger partial charge < -0.3 is 35.4 Å². The third-order valence-corrected chi connectivity index (χ3v) is 10.5. The number of nitrogens with one attached hydrogen (secondary N) is 2. The van der Waals surface area contributed by atoms with Gasteiger partial charge in [0, 0.05) is 48.8 Å². The molecule has 11 nitrogen and oxygen atoms in total. The van der Waals surface area contributed by atoms with E-state index < -0.39 is 35.9 Å². The number of carbonyl (C=O) groups excluding carboxylic acids is 3. The van der Waals surface area contributed by atoms with Crippen molar-refractivity contribution in [3.8, 4) is 0 Å². The van der Waals surface area contributed by atoms with Gasteiger partial charge in [0.15, 0.2) is 0 Å². The third-order valence-electron chi connectivity index (χ3n) is 10.5. The molecule has 5 rings (SSSR count). The minimum Gasteiger partial charge on any atom is -0.461 e. The van der Waals surface area contributed by atoms with Crippen molar-refractivity contribution in [2.24, 2.45) is 11.8 Å². The number of amides is 2. The molecule has 4 aromatic rings. The molecule has 0 radical (unpaired) electrons. The number of aliphatic hydroxyl groups excluding tert-OH is 3. The fourth-order valence-electron chi connectivity index (χ4n) is 7.26. The number of esters is 1. The van der Waals surface area contributed by atoms with Crippen LogP contribution in [0, 0.1) is 11.8 Å². The van der Waals surface area contributed by atoms with E-state index in [1.54, 1.807) is 63.5 Å². The molecule has 0 bridgehead atoms. The number of ether oxygens (including phenoxy) is 2. The predicted octanol–water partition coefficient (Wildman–Crippen LogP) is 7.94. The number of benzene rings is 3. The fraction of sp³-hybridized carbons (Fsp3) is 0.417. The number of fused-ring (bicyclic) bond motifs is 1. The van der Waals surface area contributed by atoms with Crippen LogP contribution in [0.5, 0.6) is 0 Å². The molecule has 1 fully saturated rings. The molecule has 59 heavy (non-hydrogen) atoms. The van der Waals surface area contributed by atoms with E-state index >= 15 is 0 Å². The number of rotatable bonds is 19.